The van der Waals surface area contributed by atoms with E-state index in [1.54, 1.807) is 12.1 Å². The van der Waals surface area contributed by atoms with E-state index in [-0.39, 0.29) is 5.11 Å². The van der Waals surface area contributed by atoms with Crippen molar-refractivity contribution in [3.63, 3.8) is 0 Å². The quantitative estimate of drug-likeness (QED) is 0.219. The first-order chi connectivity index (χ1) is 13.8. The molecule has 0 aliphatic carbocycles. The van der Waals surface area contributed by atoms with E-state index in [4.69, 9.17) is 47.0 Å². The molecular formula is C20H15BrCl3N3OS. The molecule has 29 heavy (non-hydrogen) atoms. The molecule has 4 nitrogen and oxygen atoms in total. The summed E-state index contributed by atoms with van der Waals surface area (Å²) in [7, 11) is 0. The van der Waals surface area contributed by atoms with Gasteiger partial charge in [0.05, 0.1) is 5.69 Å². The van der Waals surface area contributed by atoms with Crippen LogP contribution in [0.2, 0.25) is 0 Å². The second-order valence-corrected chi connectivity index (χ2v) is 9.68. The van der Waals surface area contributed by atoms with Gasteiger partial charge in [0, 0.05) is 10.0 Å². The van der Waals surface area contributed by atoms with E-state index < -0.39 is 15.9 Å². The summed E-state index contributed by atoms with van der Waals surface area (Å²) in [6.45, 7) is 0. The number of amides is 1. The van der Waals surface area contributed by atoms with Gasteiger partial charge in [-0.25, -0.2) is 0 Å². The van der Waals surface area contributed by atoms with Crippen molar-refractivity contribution in [2.24, 2.45) is 0 Å². The van der Waals surface area contributed by atoms with Gasteiger partial charge in [0.15, 0.2) is 5.11 Å². The molecule has 1 atom stereocenters. The lowest BCUT2D eigenvalue weighted by atomic mass is 10.0. The highest BCUT2D eigenvalue weighted by Crippen LogP contribution is 2.30. The number of fused-ring (bicyclic) bond motifs is 1. The fourth-order valence-corrected chi connectivity index (χ4v) is 3.62. The number of carbonyl (C=O) groups is 1. The van der Waals surface area contributed by atoms with Gasteiger partial charge in [-0.3, -0.25) is 4.79 Å². The molecule has 9 heteroatoms. The molecule has 3 aromatic rings. The highest BCUT2D eigenvalue weighted by atomic mass is 79.9. The van der Waals surface area contributed by atoms with Gasteiger partial charge in [-0.1, -0.05) is 83.3 Å². The molecule has 0 aliphatic rings. The van der Waals surface area contributed by atoms with Crippen molar-refractivity contribution in [1.82, 2.24) is 10.6 Å². The topological polar surface area (TPSA) is 53.2 Å². The Labute approximate surface area is 197 Å². The van der Waals surface area contributed by atoms with Crippen LogP contribution in [-0.4, -0.2) is 21.0 Å². The minimum atomic E-state index is -1.85. The van der Waals surface area contributed by atoms with Gasteiger partial charge < -0.3 is 16.0 Å². The Bertz CT molecular complexity index is 1050. The third kappa shape index (κ3) is 5.74. The van der Waals surface area contributed by atoms with Crippen molar-refractivity contribution >= 4 is 90.4 Å². The molecule has 3 aromatic carbocycles. The number of benzene rings is 3. The van der Waals surface area contributed by atoms with Gasteiger partial charge in [0.1, 0.15) is 6.17 Å². The Morgan fingerprint density at radius 1 is 0.931 bits per heavy atom. The van der Waals surface area contributed by atoms with Crippen molar-refractivity contribution < 1.29 is 4.79 Å². The smallest absolute Gasteiger partial charge is 0.253 e. The van der Waals surface area contributed by atoms with E-state index in [9.17, 15) is 4.79 Å². The predicted molar refractivity (Wildman–Crippen MR) is 129 cm³/mol. The van der Waals surface area contributed by atoms with Crippen LogP contribution in [-0.2, 0) is 0 Å². The molecule has 0 aliphatic heterocycles. The minimum absolute atomic E-state index is 0.187. The highest BCUT2D eigenvalue weighted by Gasteiger charge is 2.35. The molecule has 0 radical (unpaired) electrons. The molecule has 1 amide bonds. The SMILES string of the molecule is O=C(N[C@H](NC(=S)Nc1ccccc1Br)C(Cl)(Cl)Cl)c1cccc2ccccc12. The minimum Gasteiger partial charge on any atom is -0.339 e. The van der Waals surface area contributed by atoms with E-state index in [0.717, 1.165) is 20.9 Å². The monoisotopic (exact) mass is 529 g/mol. The largest absolute Gasteiger partial charge is 0.339 e. The molecule has 150 valence electrons. The van der Waals surface area contributed by atoms with Crippen LogP contribution in [0.25, 0.3) is 10.8 Å². The summed E-state index contributed by atoms with van der Waals surface area (Å²) < 4.78 is -1.03. The standard InChI is InChI=1S/C20H15BrCl3N3OS/c21-15-10-3-4-11-16(15)25-19(29)27-18(20(22,23)24)26-17(28)14-9-5-7-12-6-1-2-8-13(12)14/h1-11,18H,(H,26,28)(H2,25,27,29)/t18-/m1/s1. The second kappa shape index (κ2) is 9.49. The molecule has 0 heterocycles. The average Bonchev–Trinajstić information content (AvgIpc) is 2.68. The van der Waals surface area contributed by atoms with Crippen LogP contribution in [0, 0.1) is 0 Å². The second-order valence-electron chi connectivity index (χ2n) is 6.05. The zero-order valence-electron chi connectivity index (χ0n) is 14.8. The van der Waals surface area contributed by atoms with Gasteiger partial charge >= 0.3 is 0 Å². The van der Waals surface area contributed by atoms with Crippen LogP contribution in [0.15, 0.2) is 71.2 Å². The van der Waals surface area contributed by atoms with Gasteiger partial charge in [-0.05, 0) is 57.1 Å². The number of hydrogen-bond donors (Lipinski definition) is 3. The van der Waals surface area contributed by atoms with Gasteiger partial charge in [-0.15, -0.1) is 0 Å². The number of hydrogen-bond acceptors (Lipinski definition) is 2. The number of anilines is 1. The Kier molecular flexibility index (Phi) is 7.24. The first-order valence-electron chi connectivity index (χ1n) is 8.43. The number of nitrogens with one attached hydrogen (secondary N) is 3. The number of para-hydroxylation sites is 1. The normalized spacial score (nSPS) is 12.3. The third-order valence-corrected chi connectivity index (χ3v) is 5.60. The molecule has 0 saturated carbocycles. The molecule has 3 rings (SSSR count). The molecule has 0 unspecified atom stereocenters. The van der Waals surface area contributed by atoms with E-state index in [1.807, 2.05) is 54.6 Å². The zero-order chi connectivity index (χ0) is 21.0. The van der Waals surface area contributed by atoms with Crippen molar-refractivity contribution in [2.45, 2.75) is 9.96 Å². The Morgan fingerprint density at radius 3 is 2.31 bits per heavy atom. The maximum atomic E-state index is 12.9. The van der Waals surface area contributed by atoms with Crippen LogP contribution in [0.5, 0.6) is 0 Å². The van der Waals surface area contributed by atoms with Gasteiger partial charge in [0.25, 0.3) is 5.91 Å². The lowest BCUT2D eigenvalue weighted by Crippen LogP contribution is -2.56. The summed E-state index contributed by atoms with van der Waals surface area (Å²) in [5.74, 6) is -0.394. The number of thiocarbonyl (C=S) groups is 1. The van der Waals surface area contributed by atoms with Crippen molar-refractivity contribution in [2.75, 3.05) is 5.32 Å². The van der Waals surface area contributed by atoms with Gasteiger partial charge in [0.2, 0.25) is 3.79 Å². The fourth-order valence-electron chi connectivity index (χ4n) is 2.68. The number of rotatable bonds is 4. The van der Waals surface area contributed by atoms with Crippen LogP contribution in [0.4, 0.5) is 5.69 Å². The number of halogens is 4. The molecule has 0 aromatic heterocycles. The first-order valence-corrected chi connectivity index (χ1v) is 10.8. The summed E-state index contributed by atoms with van der Waals surface area (Å²) in [5.41, 5.74) is 1.20. The number of alkyl halides is 3. The summed E-state index contributed by atoms with van der Waals surface area (Å²) in [4.78, 5) is 12.9. The maximum absolute atomic E-state index is 12.9. The third-order valence-electron chi connectivity index (χ3n) is 4.03. The Hall–Kier alpha value is -1.57. The Morgan fingerprint density at radius 2 is 1.59 bits per heavy atom. The van der Waals surface area contributed by atoms with Crippen molar-refractivity contribution in [3.8, 4) is 0 Å². The summed E-state index contributed by atoms with van der Waals surface area (Å²) in [6.07, 6.45) is -1.07. The summed E-state index contributed by atoms with van der Waals surface area (Å²) in [6, 6.07) is 20.4. The van der Waals surface area contributed by atoms with Crippen molar-refractivity contribution in [1.29, 1.82) is 0 Å². The fraction of sp³-hybridized carbons (Fsp3) is 0.100. The molecule has 0 saturated heterocycles. The van der Waals surface area contributed by atoms with Crippen LogP contribution < -0.4 is 16.0 Å². The molecular weight excluding hydrogens is 517 g/mol. The number of carbonyl (C=O) groups excluding carboxylic acids is 1. The lowest BCUT2D eigenvalue weighted by Gasteiger charge is -2.28. The Balaban J connectivity index is 1.78. The van der Waals surface area contributed by atoms with E-state index in [1.165, 1.54) is 0 Å². The molecule has 0 fully saturated rings. The molecule has 0 bridgehead atoms. The summed E-state index contributed by atoms with van der Waals surface area (Å²) in [5, 5.41) is 10.5. The zero-order valence-corrected chi connectivity index (χ0v) is 19.4. The molecule has 3 N–H and O–H groups in total. The van der Waals surface area contributed by atoms with Crippen LogP contribution in [0.1, 0.15) is 10.4 Å². The molecule has 0 spiro atoms. The van der Waals surface area contributed by atoms with Gasteiger partial charge in [-0.2, -0.15) is 0 Å². The van der Waals surface area contributed by atoms with E-state index in [2.05, 4.69) is 31.9 Å². The summed E-state index contributed by atoms with van der Waals surface area (Å²) >= 11 is 27.0. The highest BCUT2D eigenvalue weighted by molar-refractivity contribution is 9.10. The van der Waals surface area contributed by atoms with Crippen LogP contribution >= 0.6 is 63.0 Å². The van der Waals surface area contributed by atoms with Crippen LogP contribution in [0.3, 0.4) is 0 Å². The van der Waals surface area contributed by atoms with E-state index >= 15 is 0 Å². The lowest BCUT2D eigenvalue weighted by molar-refractivity contribution is 0.0936. The predicted octanol–water partition coefficient (Wildman–Crippen LogP) is 6.02. The first kappa shape index (κ1) is 22.1. The van der Waals surface area contributed by atoms with E-state index in [0.29, 0.717) is 5.56 Å². The average molecular weight is 532 g/mol. The maximum Gasteiger partial charge on any atom is 0.253 e. The van der Waals surface area contributed by atoms with Crippen molar-refractivity contribution in [3.05, 3.63) is 76.8 Å².